The smallest absolute Gasteiger partial charge is 0.308 e. The van der Waals surface area contributed by atoms with Crippen molar-refractivity contribution in [1.82, 2.24) is 9.13 Å². The summed E-state index contributed by atoms with van der Waals surface area (Å²) in [5.41, 5.74) is 8.70. The fraction of sp³-hybridized carbons (Fsp3) is 0.116. The molecule has 0 aliphatic carbocycles. The highest BCUT2D eigenvalue weighted by atomic mass is 19.4. The molecular formula is C43H29F3N4. The molecule has 0 aliphatic rings. The summed E-state index contributed by atoms with van der Waals surface area (Å²) >= 11 is 0. The lowest BCUT2D eigenvalue weighted by molar-refractivity contribution is -0.137. The van der Waals surface area contributed by atoms with E-state index in [2.05, 4.69) is 41.5 Å². The van der Waals surface area contributed by atoms with Gasteiger partial charge in [0.15, 0.2) is 5.69 Å². The van der Waals surface area contributed by atoms with Gasteiger partial charge in [-0.1, -0.05) is 54.6 Å². The molecule has 0 spiro atoms. The number of nitriles is 1. The first-order chi connectivity index (χ1) is 24.0. The Balaban J connectivity index is 1.61. The minimum Gasteiger partial charge on any atom is -0.308 e. The number of rotatable bonds is 3. The highest BCUT2D eigenvalue weighted by molar-refractivity contribution is 6.14. The average Bonchev–Trinajstić information content (AvgIpc) is 3.63. The average molecular weight is 659 g/mol. The van der Waals surface area contributed by atoms with E-state index in [-0.39, 0.29) is 11.3 Å². The van der Waals surface area contributed by atoms with E-state index < -0.39 is 11.7 Å². The molecule has 0 amide bonds. The van der Waals surface area contributed by atoms with Crippen LogP contribution in [0.1, 0.15) is 33.4 Å². The Morgan fingerprint density at radius 2 is 1.08 bits per heavy atom. The maximum atomic E-state index is 14.3. The van der Waals surface area contributed by atoms with E-state index in [9.17, 15) is 18.4 Å². The van der Waals surface area contributed by atoms with Gasteiger partial charge in [-0.05, 0) is 104 Å². The third kappa shape index (κ3) is 4.44. The molecule has 242 valence electrons. The molecule has 2 heterocycles. The molecule has 0 atom stereocenters. The van der Waals surface area contributed by atoms with Crippen LogP contribution in [0.5, 0.6) is 0 Å². The summed E-state index contributed by atoms with van der Waals surface area (Å²) in [6, 6.07) is 33.7. The van der Waals surface area contributed by atoms with Crippen LogP contribution in [0.3, 0.4) is 0 Å². The molecule has 0 fully saturated rings. The Morgan fingerprint density at radius 1 is 0.620 bits per heavy atom. The first kappa shape index (κ1) is 31.0. The number of aryl methyl sites for hydroxylation is 4. The predicted molar refractivity (Wildman–Crippen MR) is 195 cm³/mol. The van der Waals surface area contributed by atoms with E-state index in [0.717, 1.165) is 78.0 Å². The number of benzene rings is 6. The number of hydrogen-bond acceptors (Lipinski definition) is 1. The van der Waals surface area contributed by atoms with E-state index in [4.69, 9.17) is 6.57 Å². The SMILES string of the molecule is [C-]#[N+]c1cc(-c2ccc(-n3c4cccc(C)c4c4c(C)cccc43)c(C#N)c2-n2c3cccc(C)c3c3c(C)cccc32)cc(C(F)(F)F)c1. The van der Waals surface area contributed by atoms with Crippen molar-refractivity contribution in [3.8, 4) is 28.6 Å². The zero-order chi connectivity index (χ0) is 35.1. The van der Waals surface area contributed by atoms with Gasteiger partial charge in [0.05, 0.1) is 40.0 Å². The molecule has 0 saturated heterocycles. The minimum absolute atomic E-state index is 0.134. The van der Waals surface area contributed by atoms with Gasteiger partial charge in [0, 0.05) is 32.7 Å². The third-order valence-corrected chi connectivity index (χ3v) is 9.88. The highest BCUT2D eigenvalue weighted by Gasteiger charge is 2.32. The van der Waals surface area contributed by atoms with Crippen molar-refractivity contribution in [2.75, 3.05) is 0 Å². The monoisotopic (exact) mass is 658 g/mol. The number of hydrogen-bond donors (Lipinski definition) is 0. The van der Waals surface area contributed by atoms with Crippen LogP contribution in [-0.2, 0) is 6.18 Å². The summed E-state index contributed by atoms with van der Waals surface area (Å²) in [6.07, 6.45) is -4.67. The summed E-state index contributed by atoms with van der Waals surface area (Å²) in [4.78, 5) is 3.41. The van der Waals surface area contributed by atoms with E-state index in [1.54, 1.807) is 6.07 Å². The van der Waals surface area contributed by atoms with Gasteiger partial charge in [0.2, 0.25) is 0 Å². The number of alkyl halides is 3. The Kier molecular flexibility index (Phi) is 6.89. The quantitative estimate of drug-likeness (QED) is 0.174. The molecule has 4 nitrogen and oxygen atoms in total. The summed E-state index contributed by atoms with van der Waals surface area (Å²) in [5, 5.41) is 15.4. The molecule has 0 unspecified atom stereocenters. The van der Waals surface area contributed by atoms with Crippen molar-refractivity contribution in [2.24, 2.45) is 0 Å². The molecule has 0 N–H and O–H groups in total. The molecule has 2 aromatic heterocycles. The van der Waals surface area contributed by atoms with Crippen LogP contribution in [0, 0.1) is 45.6 Å². The van der Waals surface area contributed by atoms with Crippen LogP contribution < -0.4 is 0 Å². The number of halogens is 3. The second-order valence-electron chi connectivity index (χ2n) is 12.9. The lowest BCUT2D eigenvalue weighted by atomic mass is 9.96. The van der Waals surface area contributed by atoms with Crippen LogP contribution in [0.4, 0.5) is 18.9 Å². The molecule has 7 heteroatoms. The van der Waals surface area contributed by atoms with Crippen molar-refractivity contribution in [2.45, 2.75) is 33.9 Å². The van der Waals surface area contributed by atoms with E-state index in [1.807, 2.05) is 85.1 Å². The largest absolute Gasteiger partial charge is 0.415 e. The number of aromatic nitrogens is 2. The van der Waals surface area contributed by atoms with Gasteiger partial charge >= 0.3 is 6.18 Å². The van der Waals surface area contributed by atoms with Crippen molar-refractivity contribution >= 4 is 49.3 Å². The Morgan fingerprint density at radius 3 is 1.50 bits per heavy atom. The van der Waals surface area contributed by atoms with Gasteiger partial charge in [-0.2, -0.15) is 18.4 Å². The molecule has 6 aromatic carbocycles. The molecule has 0 bridgehead atoms. The third-order valence-electron chi connectivity index (χ3n) is 9.88. The van der Waals surface area contributed by atoms with Crippen LogP contribution in [0.15, 0.2) is 103 Å². The Bertz CT molecular complexity index is 2700. The topological polar surface area (TPSA) is 38.0 Å². The van der Waals surface area contributed by atoms with E-state index >= 15 is 0 Å². The summed E-state index contributed by atoms with van der Waals surface area (Å²) in [7, 11) is 0. The van der Waals surface area contributed by atoms with Gasteiger partial charge in [0.1, 0.15) is 11.6 Å². The lowest BCUT2D eigenvalue weighted by Gasteiger charge is -2.21. The van der Waals surface area contributed by atoms with Gasteiger partial charge in [-0.25, -0.2) is 4.85 Å². The van der Waals surface area contributed by atoms with Gasteiger partial charge in [-0.15, -0.1) is 0 Å². The highest BCUT2D eigenvalue weighted by Crippen LogP contribution is 2.45. The second kappa shape index (κ2) is 11.1. The first-order valence-electron chi connectivity index (χ1n) is 16.2. The Labute approximate surface area is 286 Å². The van der Waals surface area contributed by atoms with Gasteiger partial charge in [0.25, 0.3) is 0 Å². The standard InChI is InChI=1S/C43H29F3N4/c1-24-10-6-14-34-38(24)39-25(2)11-7-15-35(39)49(34)33-19-18-31(28-20-29(43(44,45)46)22-30(21-28)48-5)42(32(33)23-47)50-36-16-8-12-26(3)40(36)41-27(4)13-9-17-37(41)50/h6-22H,1-4H3. The van der Waals surface area contributed by atoms with E-state index in [0.29, 0.717) is 22.5 Å². The number of fused-ring (bicyclic) bond motifs is 6. The maximum absolute atomic E-state index is 14.3. The summed E-state index contributed by atoms with van der Waals surface area (Å²) < 4.78 is 46.9. The summed E-state index contributed by atoms with van der Waals surface area (Å²) in [6.45, 7) is 15.9. The normalized spacial score (nSPS) is 11.9. The van der Waals surface area contributed by atoms with Crippen LogP contribution in [0.2, 0.25) is 0 Å². The lowest BCUT2D eigenvalue weighted by Crippen LogP contribution is -2.08. The molecular weight excluding hydrogens is 629 g/mol. The molecule has 8 aromatic rings. The van der Waals surface area contributed by atoms with Crippen LogP contribution in [-0.4, -0.2) is 9.13 Å². The fourth-order valence-corrected chi connectivity index (χ4v) is 7.75. The van der Waals surface area contributed by atoms with E-state index in [1.165, 1.54) is 6.07 Å². The maximum Gasteiger partial charge on any atom is 0.415 e. The van der Waals surface area contributed by atoms with Gasteiger partial charge in [-0.3, -0.25) is 0 Å². The molecule has 0 saturated carbocycles. The van der Waals surface area contributed by atoms with Crippen molar-refractivity contribution in [3.05, 3.63) is 148 Å². The minimum atomic E-state index is -4.67. The van der Waals surface area contributed by atoms with Crippen molar-refractivity contribution < 1.29 is 13.2 Å². The first-order valence-corrected chi connectivity index (χ1v) is 16.2. The van der Waals surface area contributed by atoms with Crippen LogP contribution >= 0.6 is 0 Å². The molecule has 0 aliphatic heterocycles. The van der Waals surface area contributed by atoms with Gasteiger partial charge < -0.3 is 9.13 Å². The zero-order valence-electron chi connectivity index (χ0n) is 27.7. The molecule has 0 radical (unpaired) electrons. The van der Waals surface area contributed by atoms with Crippen molar-refractivity contribution in [1.29, 1.82) is 5.26 Å². The Hall–Kier alpha value is -6.31. The number of nitrogens with zero attached hydrogens (tertiary/aromatic N) is 4. The zero-order valence-corrected chi connectivity index (χ0v) is 27.7. The van der Waals surface area contributed by atoms with Crippen molar-refractivity contribution in [3.63, 3.8) is 0 Å². The predicted octanol–water partition coefficient (Wildman–Crippen LogP) is 12.2. The second-order valence-corrected chi connectivity index (χ2v) is 12.9. The molecule has 50 heavy (non-hydrogen) atoms. The molecule has 8 rings (SSSR count). The fourth-order valence-electron chi connectivity index (χ4n) is 7.75. The summed E-state index contributed by atoms with van der Waals surface area (Å²) in [5.74, 6) is 0. The van der Waals surface area contributed by atoms with Crippen LogP contribution in [0.25, 0.3) is 71.0 Å².